The van der Waals surface area contributed by atoms with Gasteiger partial charge < -0.3 is 10.6 Å². The number of anilines is 3. The zero-order valence-corrected chi connectivity index (χ0v) is 20.6. The van der Waals surface area contributed by atoms with Gasteiger partial charge in [-0.3, -0.25) is 4.31 Å². The second-order valence-electron chi connectivity index (χ2n) is 7.69. The molecule has 0 saturated heterocycles. The van der Waals surface area contributed by atoms with E-state index in [1.54, 1.807) is 30.3 Å². The van der Waals surface area contributed by atoms with Gasteiger partial charge in [0, 0.05) is 16.8 Å². The van der Waals surface area contributed by atoms with Crippen LogP contribution in [0.2, 0.25) is 10.0 Å². The molecule has 1 aliphatic heterocycles. The fourth-order valence-corrected chi connectivity index (χ4v) is 6.16. The van der Waals surface area contributed by atoms with Gasteiger partial charge >= 0.3 is 0 Å². The van der Waals surface area contributed by atoms with Gasteiger partial charge in [-0.2, -0.15) is 0 Å². The molecular weight excluding hydrogens is 504 g/mol. The molecule has 1 unspecified atom stereocenters. The van der Waals surface area contributed by atoms with Crippen LogP contribution in [0.4, 0.5) is 21.5 Å². The summed E-state index contributed by atoms with van der Waals surface area (Å²) in [6.07, 6.45) is 1.24. The summed E-state index contributed by atoms with van der Waals surface area (Å²) >= 11 is 17.4. The first kappa shape index (κ1) is 23.8. The molecule has 0 radical (unpaired) electrons. The van der Waals surface area contributed by atoms with Crippen molar-refractivity contribution in [2.24, 2.45) is 0 Å². The summed E-state index contributed by atoms with van der Waals surface area (Å²) in [5.74, 6) is -0.374. The van der Waals surface area contributed by atoms with Crippen molar-refractivity contribution in [3.8, 4) is 0 Å². The summed E-state index contributed by atoms with van der Waals surface area (Å²) in [6, 6.07) is 15.2. The standard InChI is InChI=1S/C23H20Cl2FN3O2S2/c1-14-2-3-15-12-17(26)5-11-22(15)29(14)33(30,31)19-8-6-18(7-9-19)27-23(32)28-21-10-4-16(24)13-20(21)25/h4-14H,2-3H2,1H3,(H2,27,28,32). The third kappa shape index (κ3) is 5.09. The highest BCUT2D eigenvalue weighted by molar-refractivity contribution is 7.92. The summed E-state index contributed by atoms with van der Waals surface area (Å²) in [4.78, 5) is 0.136. The van der Waals surface area contributed by atoms with Crippen molar-refractivity contribution in [2.45, 2.75) is 30.7 Å². The number of thiocarbonyl (C=S) groups is 1. The Morgan fingerprint density at radius 2 is 1.79 bits per heavy atom. The zero-order valence-electron chi connectivity index (χ0n) is 17.5. The maximum atomic E-state index is 13.7. The van der Waals surface area contributed by atoms with Crippen LogP contribution in [0.15, 0.2) is 65.6 Å². The lowest BCUT2D eigenvalue weighted by Crippen LogP contribution is -2.42. The van der Waals surface area contributed by atoms with Crippen LogP contribution in [0.1, 0.15) is 18.9 Å². The van der Waals surface area contributed by atoms with Crippen LogP contribution < -0.4 is 14.9 Å². The Kier molecular flexibility index (Phi) is 6.81. The van der Waals surface area contributed by atoms with E-state index in [1.165, 1.54) is 34.6 Å². The van der Waals surface area contributed by atoms with E-state index in [2.05, 4.69) is 10.6 Å². The molecule has 0 fully saturated rings. The Balaban J connectivity index is 1.52. The third-order valence-electron chi connectivity index (χ3n) is 5.36. The van der Waals surface area contributed by atoms with Gasteiger partial charge in [0.15, 0.2) is 5.11 Å². The van der Waals surface area contributed by atoms with Crippen molar-refractivity contribution in [3.63, 3.8) is 0 Å². The Morgan fingerprint density at radius 1 is 1.06 bits per heavy atom. The first-order valence-corrected chi connectivity index (χ1v) is 12.7. The number of aryl methyl sites for hydroxylation is 1. The quantitative estimate of drug-likeness (QED) is 0.383. The molecule has 0 bridgehead atoms. The molecule has 1 atom stereocenters. The molecule has 0 aromatic heterocycles. The third-order valence-corrected chi connectivity index (χ3v) is 8.05. The Morgan fingerprint density at radius 3 is 2.48 bits per heavy atom. The van der Waals surface area contributed by atoms with Gasteiger partial charge in [-0.1, -0.05) is 23.2 Å². The summed E-state index contributed by atoms with van der Waals surface area (Å²) in [5, 5.41) is 7.19. The van der Waals surface area contributed by atoms with E-state index < -0.39 is 10.0 Å². The molecule has 4 rings (SSSR count). The molecule has 5 nitrogen and oxygen atoms in total. The smallest absolute Gasteiger partial charge is 0.264 e. The minimum atomic E-state index is -3.84. The van der Waals surface area contributed by atoms with Crippen LogP contribution in [-0.4, -0.2) is 19.6 Å². The van der Waals surface area contributed by atoms with E-state index in [1.807, 2.05) is 6.92 Å². The average molecular weight is 524 g/mol. The van der Waals surface area contributed by atoms with E-state index in [9.17, 15) is 12.8 Å². The van der Waals surface area contributed by atoms with Crippen LogP contribution in [0, 0.1) is 5.82 Å². The fourth-order valence-electron chi connectivity index (χ4n) is 3.75. The molecule has 0 spiro atoms. The van der Waals surface area contributed by atoms with Crippen LogP contribution >= 0.6 is 35.4 Å². The highest BCUT2D eigenvalue weighted by atomic mass is 35.5. The number of nitrogens with zero attached hydrogens (tertiary/aromatic N) is 1. The topological polar surface area (TPSA) is 61.4 Å². The molecule has 3 aromatic rings. The second kappa shape index (κ2) is 9.46. The lowest BCUT2D eigenvalue weighted by Gasteiger charge is -2.36. The normalized spacial score (nSPS) is 15.6. The molecule has 2 N–H and O–H groups in total. The number of fused-ring (bicyclic) bond motifs is 1. The van der Waals surface area contributed by atoms with Crippen molar-refractivity contribution in [2.75, 3.05) is 14.9 Å². The van der Waals surface area contributed by atoms with Gasteiger partial charge in [-0.05, 0) is 98.2 Å². The lowest BCUT2D eigenvalue weighted by molar-refractivity contribution is 0.560. The maximum absolute atomic E-state index is 13.7. The van der Waals surface area contributed by atoms with Crippen molar-refractivity contribution in [3.05, 3.63) is 82.1 Å². The number of benzene rings is 3. The van der Waals surface area contributed by atoms with Crippen molar-refractivity contribution in [1.29, 1.82) is 0 Å². The number of rotatable bonds is 4. The second-order valence-corrected chi connectivity index (χ2v) is 10.8. The van der Waals surface area contributed by atoms with Crippen molar-refractivity contribution >= 4 is 67.6 Å². The first-order valence-electron chi connectivity index (χ1n) is 10.1. The van der Waals surface area contributed by atoms with Crippen LogP contribution in [-0.2, 0) is 16.4 Å². The van der Waals surface area contributed by atoms with E-state index in [0.717, 1.165) is 0 Å². The maximum Gasteiger partial charge on any atom is 0.264 e. The van der Waals surface area contributed by atoms with Crippen LogP contribution in [0.3, 0.4) is 0 Å². The molecule has 3 aromatic carbocycles. The molecule has 10 heteroatoms. The Labute approximate surface area is 207 Å². The largest absolute Gasteiger partial charge is 0.332 e. The molecular formula is C23H20Cl2FN3O2S2. The lowest BCUT2D eigenvalue weighted by atomic mass is 9.99. The van der Waals surface area contributed by atoms with E-state index in [-0.39, 0.29) is 21.9 Å². The van der Waals surface area contributed by atoms with Gasteiger partial charge in [-0.25, -0.2) is 12.8 Å². The predicted octanol–water partition coefficient (Wildman–Crippen LogP) is 6.47. The van der Waals surface area contributed by atoms with Crippen LogP contribution in [0.25, 0.3) is 0 Å². The summed E-state index contributed by atoms with van der Waals surface area (Å²) in [6.45, 7) is 1.85. The highest BCUT2D eigenvalue weighted by Crippen LogP contribution is 2.36. The molecule has 33 heavy (non-hydrogen) atoms. The van der Waals surface area contributed by atoms with Crippen molar-refractivity contribution in [1.82, 2.24) is 0 Å². The first-order chi connectivity index (χ1) is 15.6. The van der Waals surface area contributed by atoms with Crippen LogP contribution in [0.5, 0.6) is 0 Å². The van der Waals surface area contributed by atoms with Crippen molar-refractivity contribution < 1.29 is 12.8 Å². The zero-order chi connectivity index (χ0) is 23.8. The molecule has 0 saturated carbocycles. The molecule has 0 amide bonds. The highest BCUT2D eigenvalue weighted by Gasteiger charge is 2.34. The summed E-state index contributed by atoms with van der Waals surface area (Å²) in [7, 11) is -3.84. The van der Waals surface area contributed by atoms with E-state index >= 15 is 0 Å². The predicted molar refractivity (Wildman–Crippen MR) is 137 cm³/mol. The minimum absolute atomic E-state index is 0.136. The van der Waals surface area contributed by atoms with Gasteiger partial charge in [0.25, 0.3) is 10.0 Å². The minimum Gasteiger partial charge on any atom is -0.332 e. The number of hydrogen-bond donors (Lipinski definition) is 2. The SMILES string of the molecule is CC1CCc2cc(F)ccc2N1S(=O)(=O)c1ccc(NC(=S)Nc2ccc(Cl)cc2Cl)cc1. The molecule has 1 heterocycles. The van der Waals surface area contributed by atoms with E-state index in [0.29, 0.717) is 45.5 Å². The fraction of sp³-hybridized carbons (Fsp3) is 0.174. The Hall–Kier alpha value is -2.39. The Bertz CT molecular complexity index is 1320. The van der Waals surface area contributed by atoms with Gasteiger partial charge in [-0.15, -0.1) is 0 Å². The molecule has 0 aliphatic carbocycles. The number of nitrogens with one attached hydrogen (secondary N) is 2. The number of halogens is 3. The summed E-state index contributed by atoms with van der Waals surface area (Å²) < 4.78 is 41.9. The van der Waals surface area contributed by atoms with Gasteiger partial charge in [0.1, 0.15) is 5.82 Å². The number of hydrogen-bond acceptors (Lipinski definition) is 3. The number of sulfonamides is 1. The molecule has 1 aliphatic rings. The molecule has 172 valence electrons. The van der Waals surface area contributed by atoms with Gasteiger partial charge in [0.05, 0.1) is 21.3 Å². The monoisotopic (exact) mass is 523 g/mol. The van der Waals surface area contributed by atoms with Gasteiger partial charge in [0.2, 0.25) is 0 Å². The van der Waals surface area contributed by atoms with E-state index in [4.69, 9.17) is 35.4 Å². The average Bonchev–Trinajstić information content (AvgIpc) is 2.76. The summed E-state index contributed by atoms with van der Waals surface area (Å²) in [5.41, 5.74) is 2.40.